The molecule has 0 amide bonds. The van der Waals surface area contributed by atoms with Gasteiger partial charge in [0.1, 0.15) is 11.5 Å². The first-order chi connectivity index (χ1) is 9.08. The lowest BCUT2D eigenvalue weighted by atomic mass is 9.93. The van der Waals surface area contributed by atoms with Gasteiger partial charge in [0, 0.05) is 30.1 Å². The van der Waals surface area contributed by atoms with Gasteiger partial charge in [-0.25, -0.2) is 0 Å². The maximum absolute atomic E-state index is 9.21. The summed E-state index contributed by atoms with van der Waals surface area (Å²) in [6.45, 7) is 2.83. The molecule has 19 heavy (non-hydrogen) atoms. The summed E-state index contributed by atoms with van der Waals surface area (Å²) in [4.78, 5) is 0. The van der Waals surface area contributed by atoms with Gasteiger partial charge in [0.25, 0.3) is 0 Å². The summed E-state index contributed by atoms with van der Waals surface area (Å²) in [5.41, 5.74) is 0.487. The van der Waals surface area contributed by atoms with Crippen LogP contribution >= 0.6 is 0 Å². The summed E-state index contributed by atoms with van der Waals surface area (Å²) in [5.74, 6) is 1.50. The summed E-state index contributed by atoms with van der Waals surface area (Å²) in [7, 11) is 3.23. The molecule has 0 atom stereocenters. The molecule has 1 rings (SSSR count). The number of aliphatic hydroxyl groups excluding tert-OH is 2. The minimum absolute atomic E-state index is 0.0593. The highest BCUT2D eigenvalue weighted by Gasteiger charge is 2.21. The zero-order chi connectivity index (χ0) is 14.3. The first-order valence-electron chi connectivity index (χ1n) is 6.22. The monoisotopic (exact) mass is 269 g/mol. The van der Waals surface area contributed by atoms with Crippen LogP contribution in [0, 0.1) is 5.41 Å². The van der Waals surface area contributed by atoms with Crippen LogP contribution in [0.5, 0.6) is 11.5 Å². The molecular weight excluding hydrogens is 246 g/mol. The van der Waals surface area contributed by atoms with E-state index in [1.54, 1.807) is 14.2 Å². The number of ether oxygens (including phenoxy) is 2. The van der Waals surface area contributed by atoms with E-state index in [2.05, 4.69) is 5.32 Å². The summed E-state index contributed by atoms with van der Waals surface area (Å²) in [5, 5.41) is 21.6. The van der Waals surface area contributed by atoms with Crippen LogP contribution in [-0.4, -0.2) is 44.2 Å². The average Bonchev–Trinajstić information content (AvgIpc) is 2.47. The minimum atomic E-state index is -0.514. The van der Waals surface area contributed by atoms with Crippen molar-refractivity contribution in [2.75, 3.05) is 34.0 Å². The summed E-state index contributed by atoms with van der Waals surface area (Å²) in [6, 6.07) is 5.63. The Morgan fingerprint density at radius 3 is 2.37 bits per heavy atom. The van der Waals surface area contributed by atoms with Crippen LogP contribution < -0.4 is 14.8 Å². The fraction of sp³-hybridized carbons (Fsp3) is 0.571. The van der Waals surface area contributed by atoms with E-state index >= 15 is 0 Å². The molecule has 0 saturated heterocycles. The van der Waals surface area contributed by atoms with Crippen molar-refractivity contribution in [2.24, 2.45) is 5.41 Å². The molecule has 1 aromatic rings. The zero-order valence-corrected chi connectivity index (χ0v) is 11.8. The van der Waals surface area contributed by atoms with Gasteiger partial charge in [-0.2, -0.15) is 0 Å². The zero-order valence-electron chi connectivity index (χ0n) is 11.8. The smallest absolute Gasteiger partial charge is 0.127 e. The predicted molar refractivity (Wildman–Crippen MR) is 73.5 cm³/mol. The standard InChI is InChI=1S/C14H23NO4/c1-14(9-16,10-17)8-15-7-11-4-5-12(18-2)6-13(11)19-3/h4-6,15-17H,7-10H2,1-3H3. The molecule has 0 aliphatic carbocycles. The Balaban J connectivity index is 2.62. The van der Waals surface area contributed by atoms with E-state index in [1.165, 1.54) is 0 Å². The third kappa shape index (κ3) is 4.38. The highest BCUT2D eigenvalue weighted by Crippen LogP contribution is 2.24. The van der Waals surface area contributed by atoms with Gasteiger partial charge < -0.3 is 25.0 Å². The van der Waals surface area contributed by atoms with Crippen LogP contribution in [0.2, 0.25) is 0 Å². The molecule has 0 spiro atoms. The molecule has 0 aliphatic heterocycles. The van der Waals surface area contributed by atoms with Gasteiger partial charge in [-0.3, -0.25) is 0 Å². The molecule has 0 bridgehead atoms. The van der Waals surface area contributed by atoms with Crippen molar-refractivity contribution in [1.82, 2.24) is 5.32 Å². The second kappa shape index (κ2) is 7.33. The van der Waals surface area contributed by atoms with Crippen molar-refractivity contribution in [3.63, 3.8) is 0 Å². The quantitative estimate of drug-likeness (QED) is 0.651. The van der Waals surface area contributed by atoms with Crippen LogP contribution in [0.4, 0.5) is 0 Å². The van der Waals surface area contributed by atoms with Gasteiger partial charge >= 0.3 is 0 Å². The Bertz CT molecular complexity index is 391. The third-order valence-electron chi connectivity index (χ3n) is 3.12. The van der Waals surface area contributed by atoms with Crippen LogP contribution in [0.3, 0.4) is 0 Å². The lowest BCUT2D eigenvalue weighted by molar-refractivity contribution is 0.0695. The number of aliphatic hydroxyl groups is 2. The Morgan fingerprint density at radius 1 is 1.16 bits per heavy atom. The number of hydrogen-bond acceptors (Lipinski definition) is 5. The predicted octanol–water partition coefficient (Wildman–Crippen LogP) is 0.784. The lowest BCUT2D eigenvalue weighted by Gasteiger charge is -2.25. The highest BCUT2D eigenvalue weighted by atomic mass is 16.5. The highest BCUT2D eigenvalue weighted by molar-refractivity contribution is 5.40. The van der Waals surface area contributed by atoms with Crippen molar-refractivity contribution < 1.29 is 19.7 Å². The van der Waals surface area contributed by atoms with E-state index < -0.39 is 5.41 Å². The Hall–Kier alpha value is -1.30. The molecule has 0 aromatic heterocycles. The molecule has 3 N–H and O–H groups in total. The van der Waals surface area contributed by atoms with Crippen molar-refractivity contribution in [2.45, 2.75) is 13.5 Å². The lowest BCUT2D eigenvalue weighted by Crippen LogP contribution is -2.37. The first kappa shape index (κ1) is 15.8. The largest absolute Gasteiger partial charge is 0.497 e. The second-order valence-corrected chi connectivity index (χ2v) is 4.91. The Labute approximate surface area is 114 Å². The van der Waals surface area contributed by atoms with Gasteiger partial charge in [-0.15, -0.1) is 0 Å². The first-order valence-corrected chi connectivity index (χ1v) is 6.22. The van der Waals surface area contributed by atoms with Gasteiger partial charge in [0.05, 0.1) is 27.4 Å². The average molecular weight is 269 g/mol. The molecule has 5 nitrogen and oxygen atoms in total. The molecule has 0 unspecified atom stereocenters. The van der Waals surface area contributed by atoms with E-state index in [9.17, 15) is 10.2 Å². The summed E-state index contributed by atoms with van der Waals surface area (Å²) in [6.07, 6.45) is 0. The third-order valence-corrected chi connectivity index (χ3v) is 3.12. The van der Waals surface area contributed by atoms with Crippen LogP contribution in [0.25, 0.3) is 0 Å². The fourth-order valence-corrected chi connectivity index (χ4v) is 1.66. The molecule has 0 saturated carbocycles. The van der Waals surface area contributed by atoms with E-state index in [0.29, 0.717) is 13.1 Å². The molecular formula is C14H23NO4. The van der Waals surface area contributed by atoms with Crippen molar-refractivity contribution in [1.29, 1.82) is 0 Å². The normalized spacial score (nSPS) is 11.4. The maximum atomic E-state index is 9.21. The summed E-state index contributed by atoms with van der Waals surface area (Å²) >= 11 is 0. The Kier molecular flexibility index (Phi) is 6.08. The van der Waals surface area contributed by atoms with Crippen LogP contribution in [0.15, 0.2) is 18.2 Å². The van der Waals surface area contributed by atoms with Gasteiger partial charge in [-0.05, 0) is 6.07 Å². The van der Waals surface area contributed by atoms with Gasteiger partial charge in [0.2, 0.25) is 0 Å². The number of hydrogen-bond donors (Lipinski definition) is 3. The van der Waals surface area contributed by atoms with E-state index in [1.807, 2.05) is 25.1 Å². The number of benzene rings is 1. The number of rotatable bonds is 8. The number of methoxy groups -OCH3 is 2. The number of nitrogens with one attached hydrogen (secondary N) is 1. The van der Waals surface area contributed by atoms with Crippen molar-refractivity contribution in [3.05, 3.63) is 23.8 Å². The van der Waals surface area contributed by atoms with E-state index in [-0.39, 0.29) is 13.2 Å². The second-order valence-electron chi connectivity index (χ2n) is 4.91. The van der Waals surface area contributed by atoms with E-state index in [4.69, 9.17) is 9.47 Å². The topological polar surface area (TPSA) is 71.0 Å². The maximum Gasteiger partial charge on any atom is 0.127 e. The molecule has 1 aromatic carbocycles. The fourth-order valence-electron chi connectivity index (χ4n) is 1.66. The Morgan fingerprint density at radius 2 is 1.84 bits per heavy atom. The molecule has 0 aliphatic rings. The molecule has 0 heterocycles. The molecule has 0 radical (unpaired) electrons. The van der Waals surface area contributed by atoms with E-state index in [0.717, 1.165) is 17.1 Å². The van der Waals surface area contributed by atoms with Crippen LogP contribution in [0.1, 0.15) is 12.5 Å². The SMILES string of the molecule is COc1ccc(CNCC(C)(CO)CO)c(OC)c1. The minimum Gasteiger partial charge on any atom is -0.497 e. The molecule has 5 heteroatoms. The van der Waals surface area contributed by atoms with Gasteiger partial charge in [0.15, 0.2) is 0 Å². The molecule has 0 fully saturated rings. The van der Waals surface area contributed by atoms with Gasteiger partial charge in [-0.1, -0.05) is 13.0 Å². The summed E-state index contributed by atoms with van der Waals surface area (Å²) < 4.78 is 10.4. The van der Waals surface area contributed by atoms with Crippen LogP contribution in [-0.2, 0) is 6.54 Å². The molecule has 108 valence electrons. The van der Waals surface area contributed by atoms with Crippen molar-refractivity contribution in [3.8, 4) is 11.5 Å². The van der Waals surface area contributed by atoms with Crippen molar-refractivity contribution >= 4 is 0 Å².